The second kappa shape index (κ2) is 7.84. The zero-order valence-electron chi connectivity index (χ0n) is 14.1. The predicted molar refractivity (Wildman–Crippen MR) is 93.0 cm³/mol. The third-order valence-corrected chi connectivity index (χ3v) is 5.03. The first kappa shape index (κ1) is 16.4. The molecule has 0 bridgehead atoms. The lowest BCUT2D eigenvalue weighted by molar-refractivity contribution is 0.362. The van der Waals surface area contributed by atoms with Crippen LogP contribution in [0, 0.1) is 12.8 Å². The van der Waals surface area contributed by atoms with Crippen molar-refractivity contribution in [2.24, 2.45) is 11.7 Å². The molecule has 0 aromatic heterocycles. The van der Waals surface area contributed by atoms with Gasteiger partial charge in [0, 0.05) is 25.3 Å². The molecule has 0 amide bonds. The average Bonchev–Trinajstić information content (AvgIpc) is 2.50. The van der Waals surface area contributed by atoms with E-state index in [0.717, 1.165) is 18.8 Å². The zero-order chi connectivity index (χ0) is 15.2. The first-order valence-electron chi connectivity index (χ1n) is 8.66. The van der Waals surface area contributed by atoms with Gasteiger partial charge in [-0.05, 0) is 61.8 Å². The number of nitrogens with two attached hydrogens (primary N) is 1. The number of rotatable bonds is 6. The van der Waals surface area contributed by atoms with E-state index in [2.05, 4.69) is 44.0 Å². The Morgan fingerprint density at radius 1 is 1.24 bits per heavy atom. The van der Waals surface area contributed by atoms with E-state index in [-0.39, 0.29) is 6.04 Å². The predicted octanol–water partition coefficient (Wildman–Crippen LogP) is 4.29. The summed E-state index contributed by atoms with van der Waals surface area (Å²) in [5, 5.41) is 0. The third kappa shape index (κ3) is 4.74. The van der Waals surface area contributed by atoms with Gasteiger partial charge in [0.05, 0.1) is 0 Å². The fourth-order valence-corrected chi connectivity index (χ4v) is 3.44. The molecule has 118 valence electrons. The summed E-state index contributed by atoms with van der Waals surface area (Å²) >= 11 is 0. The highest BCUT2D eigenvalue weighted by Crippen LogP contribution is 2.26. The minimum atomic E-state index is 0.287. The Morgan fingerprint density at radius 2 is 1.95 bits per heavy atom. The van der Waals surface area contributed by atoms with Gasteiger partial charge < -0.3 is 10.6 Å². The molecule has 1 atom stereocenters. The van der Waals surface area contributed by atoms with Gasteiger partial charge in [-0.2, -0.15) is 0 Å². The molecule has 1 fully saturated rings. The van der Waals surface area contributed by atoms with Crippen LogP contribution in [0.3, 0.4) is 0 Å². The number of aryl methyl sites for hydroxylation is 1. The normalized spacial score (nSPS) is 17.7. The van der Waals surface area contributed by atoms with Crippen LogP contribution in [0.4, 0.5) is 5.69 Å². The molecule has 1 aromatic rings. The molecule has 2 nitrogen and oxygen atoms in total. The summed E-state index contributed by atoms with van der Waals surface area (Å²) in [5.41, 5.74) is 10.2. The third-order valence-electron chi connectivity index (χ3n) is 5.03. The molecule has 0 spiro atoms. The van der Waals surface area contributed by atoms with Crippen molar-refractivity contribution < 1.29 is 0 Å². The second-order valence-corrected chi connectivity index (χ2v) is 6.87. The van der Waals surface area contributed by atoms with Gasteiger partial charge in [-0.3, -0.25) is 0 Å². The Balaban J connectivity index is 1.97. The number of nitrogens with zero attached hydrogens (tertiary/aromatic N) is 1. The second-order valence-electron chi connectivity index (χ2n) is 6.87. The highest BCUT2D eigenvalue weighted by atomic mass is 15.1. The van der Waals surface area contributed by atoms with Crippen molar-refractivity contribution in [3.63, 3.8) is 0 Å². The highest BCUT2D eigenvalue weighted by molar-refractivity contribution is 5.50. The molecule has 1 saturated carbocycles. The van der Waals surface area contributed by atoms with Crippen LogP contribution >= 0.6 is 0 Å². The van der Waals surface area contributed by atoms with E-state index in [1.54, 1.807) is 0 Å². The highest BCUT2D eigenvalue weighted by Gasteiger charge is 2.16. The van der Waals surface area contributed by atoms with Gasteiger partial charge in [0.15, 0.2) is 0 Å². The summed E-state index contributed by atoms with van der Waals surface area (Å²) in [4.78, 5) is 2.44. The number of hydrogen-bond acceptors (Lipinski definition) is 2. The molecule has 1 aliphatic rings. The van der Waals surface area contributed by atoms with Crippen molar-refractivity contribution in [1.82, 2.24) is 0 Å². The molecule has 1 unspecified atom stereocenters. The van der Waals surface area contributed by atoms with Crippen LogP contribution in [0.2, 0.25) is 0 Å². The maximum absolute atomic E-state index is 6.08. The summed E-state index contributed by atoms with van der Waals surface area (Å²) in [6, 6.07) is 7.17. The molecule has 2 rings (SSSR count). The lowest BCUT2D eigenvalue weighted by Gasteiger charge is -2.29. The van der Waals surface area contributed by atoms with E-state index in [9.17, 15) is 0 Å². The molecule has 2 N–H and O–H groups in total. The van der Waals surface area contributed by atoms with E-state index >= 15 is 0 Å². The van der Waals surface area contributed by atoms with Gasteiger partial charge in [0.2, 0.25) is 0 Å². The maximum atomic E-state index is 6.08. The molecular weight excluding hydrogens is 256 g/mol. The molecule has 0 heterocycles. The van der Waals surface area contributed by atoms with E-state index in [0.29, 0.717) is 0 Å². The fourth-order valence-electron chi connectivity index (χ4n) is 3.44. The molecule has 1 aliphatic carbocycles. The lowest BCUT2D eigenvalue weighted by Crippen LogP contribution is -2.27. The minimum Gasteiger partial charge on any atom is -0.374 e. The van der Waals surface area contributed by atoms with Gasteiger partial charge in [0.25, 0.3) is 0 Å². The number of benzene rings is 1. The van der Waals surface area contributed by atoms with Gasteiger partial charge in [-0.1, -0.05) is 32.3 Å². The van der Waals surface area contributed by atoms with Crippen LogP contribution in [0.25, 0.3) is 0 Å². The lowest BCUT2D eigenvalue weighted by atomic mass is 9.89. The summed E-state index contributed by atoms with van der Waals surface area (Å²) < 4.78 is 0. The quantitative estimate of drug-likeness (QED) is 0.846. The number of anilines is 1. The first-order valence-corrected chi connectivity index (χ1v) is 8.66. The van der Waals surface area contributed by atoms with Gasteiger partial charge in [0.1, 0.15) is 0 Å². The van der Waals surface area contributed by atoms with Gasteiger partial charge in [-0.25, -0.2) is 0 Å². The van der Waals surface area contributed by atoms with E-state index in [1.807, 2.05) is 0 Å². The summed E-state index contributed by atoms with van der Waals surface area (Å²) in [6.45, 7) is 5.58. The van der Waals surface area contributed by atoms with Crippen molar-refractivity contribution in [2.75, 3.05) is 18.5 Å². The first-order chi connectivity index (χ1) is 10.1. The van der Waals surface area contributed by atoms with Crippen LogP contribution in [0.15, 0.2) is 18.2 Å². The Bertz CT molecular complexity index is 435. The maximum Gasteiger partial charge on any atom is 0.0366 e. The summed E-state index contributed by atoms with van der Waals surface area (Å²) in [5.74, 6) is 0.886. The van der Waals surface area contributed by atoms with Crippen molar-refractivity contribution in [3.8, 4) is 0 Å². The topological polar surface area (TPSA) is 29.3 Å². The monoisotopic (exact) mass is 288 g/mol. The molecule has 1 aromatic carbocycles. The van der Waals surface area contributed by atoms with Crippen LogP contribution in [0.1, 0.15) is 56.6 Å². The number of hydrogen-bond donors (Lipinski definition) is 1. The fraction of sp³-hybridized carbons (Fsp3) is 0.684. The smallest absolute Gasteiger partial charge is 0.0366 e. The van der Waals surface area contributed by atoms with E-state index < -0.39 is 0 Å². The van der Waals surface area contributed by atoms with Crippen molar-refractivity contribution in [1.29, 1.82) is 0 Å². The molecular formula is C19H32N2. The van der Waals surface area contributed by atoms with E-state index in [4.69, 9.17) is 5.73 Å². The SMILES string of the molecule is CCC(N)Cc1ccc(N(C)CC2CCCCC2)cc1C. The largest absolute Gasteiger partial charge is 0.374 e. The van der Waals surface area contributed by atoms with Crippen LogP contribution in [-0.2, 0) is 6.42 Å². The minimum absolute atomic E-state index is 0.287. The summed E-state index contributed by atoms with van der Waals surface area (Å²) in [6.07, 6.45) is 9.14. The molecule has 0 saturated heterocycles. The Morgan fingerprint density at radius 3 is 2.57 bits per heavy atom. The van der Waals surface area contributed by atoms with Crippen molar-refractivity contribution >= 4 is 5.69 Å². The molecule has 0 aliphatic heterocycles. The van der Waals surface area contributed by atoms with Gasteiger partial charge in [-0.15, -0.1) is 0 Å². The van der Waals surface area contributed by atoms with Crippen LogP contribution in [-0.4, -0.2) is 19.6 Å². The van der Waals surface area contributed by atoms with Crippen LogP contribution < -0.4 is 10.6 Å². The standard InChI is InChI=1S/C19H32N2/c1-4-18(20)13-17-10-11-19(12-15(17)2)21(3)14-16-8-6-5-7-9-16/h10-12,16,18H,4-9,13-14,20H2,1-3H3. The van der Waals surface area contributed by atoms with Crippen molar-refractivity contribution in [3.05, 3.63) is 29.3 Å². The average molecular weight is 288 g/mol. The summed E-state index contributed by atoms with van der Waals surface area (Å²) in [7, 11) is 2.24. The molecule has 2 heteroatoms. The molecule has 0 radical (unpaired) electrons. The molecule has 21 heavy (non-hydrogen) atoms. The van der Waals surface area contributed by atoms with E-state index in [1.165, 1.54) is 55.5 Å². The van der Waals surface area contributed by atoms with Crippen LogP contribution in [0.5, 0.6) is 0 Å². The Labute approximate surface area is 130 Å². The van der Waals surface area contributed by atoms with Gasteiger partial charge >= 0.3 is 0 Å². The zero-order valence-corrected chi connectivity index (χ0v) is 14.1. The Hall–Kier alpha value is -1.02. The van der Waals surface area contributed by atoms with Crippen molar-refractivity contribution in [2.45, 2.75) is 64.8 Å². The Kier molecular flexibility index (Phi) is 6.10.